The second-order valence-electron chi connectivity index (χ2n) is 6.55. The van der Waals surface area contributed by atoms with Gasteiger partial charge in [0.25, 0.3) is 5.91 Å². The van der Waals surface area contributed by atoms with Crippen LogP contribution in [0.4, 0.5) is 14.5 Å². The summed E-state index contributed by atoms with van der Waals surface area (Å²) in [6, 6.07) is 11.4. The average Bonchev–Trinajstić information content (AvgIpc) is 3.30. The summed E-state index contributed by atoms with van der Waals surface area (Å²) in [6.07, 6.45) is 0. The number of thiophene rings is 1. The number of aryl methyl sites for hydroxylation is 1. The zero-order valence-electron chi connectivity index (χ0n) is 16.0. The summed E-state index contributed by atoms with van der Waals surface area (Å²) in [6.45, 7) is 1.17. The van der Waals surface area contributed by atoms with Crippen LogP contribution in [0.3, 0.4) is 0 Å². The molecule has 31 heavy (non-hydrogen) atoms. The number of fused-ring (bicyclic) bond motifs is 1. The SMILES string of the molecule is Cc1nn(-c2ccc(Cl)cc2)c2sc(C(=O)OCC(=O)Nc3cc(F)ccc3F)cc12. The van der Waals surface area contributed by atoms with E-state index in [1.807, 2.05) is 19.1 Å². The lowest BCUT2D eigenvalue weighted by Gasteiger charge is -2.07. The van der Waals surface area contributed by atoms with Gasteiger partial charge < -0.3 is 10.1 Å². The van der Waals surface area contributed by atoms with Crippen LogP contribution in [0.25, 0.3) is 15.9 Å². The molecule has 0 radical (unpaired) electrons. The number of esters is 1. The minimum atomic E-state index is -0.798. The van der Waals surface area contributed by atoms with Gasteiger partial charge in [-0.25, -0.2) is 18.3 Å². The summed E-state index contributed by atoms with van der Waals surface area (Å²) in [5, 5.41) is 8.03. The van der Waals surface area contributed by atoms with Crippen molar-refractivity contribution in [2.24, 2.45) is 0 Å². The molecule has 1 N–H and O–H groups in total. The Balaban J connectivity index is 1.48. The highest BCUT2D eigenvalue weighted by Gasteiger charge is 2.19. The van der Waals surface area contributed by atoms with E-state index in [1.54, 1.807) is 22.9 Å². The van der Waals surface area contributed by atoms with E-state index < -0.39 is 30.1 Å². The van der Waals surface area contributed by atoms with Crippen LogP contribution < -0.4 is 5.32 Å². The monoisotopic (exact) mass is 461 g/mol. The molecule has 0 spiro atoms. The molecule has 0 saturated carbocycles. The molecule has 0 bridgehead atoms. The standard InChI is InChI=1S/C21H14ClF2N3O3S/c1-11-15-9-18(31-20(15)27(26-11)14-5-2-12(22)3-6-14)21(29)30-10-19(28)25-17-8-13(23)4-7-16(17)24/h2-9H,10H2,1H3,(H,25,28). The Hall–Kier alpha value is -3.30. The van der Waals surface area contributed by atoms with E-state index >= 15 is 0 Å². The van der Waals surface area contributed by atoms with E-state index in [1.165, 1.54) is 0 Å². The number of amides is 1. The molecule has 2 aromatic heterocycles. The molecule has 0 fully saturated rings. The van der Waals surface area contributed by atoms with Crippen LogP contribution in [-0.2, 0) is 9.53 Å². The molecule has 0 unspecified atom stereocenters. The topological polar surface area (TPSA) is 73.2 Å². The minimum absolute atomic E-state index is 0.281. The first-order chi connectivity index (χ1) is 14.8. The van der Waals surface area contributed by atoms with Crippen LogP contribution in [0.5, 0.6) is 0 Å². The first-order valence-electron chi connectivity index (χ1n) is 8.99. The summed E-state index contributed by atoms with van der Waals surface area (Å²) in [5.41, 5.74) is 1.17. The molecule has 0 aliphatic carbocycles. The Kier molecular flexibility index (Phi) is 5.71. The molecule has 2 heterocycles. The fourth-order valence-electron chi connectivity index (χ4n) is 2.89. The quantitative estimate of drug-likeness (QED) is 0.418. The van der Waals surface area contributed by atoms with Crippen molar-refractivity contribution < 1.29 is 23.1 Å². The van der Waals surface area contributed by atoms with Crippen molar-refractivity contribution in [2.75, 3.05) is 11.9 Å². The number of hydrogen-bond donors (Lipinski definition) is 1. The summed E-state index contributed by atoms with van der Waals surface area (Å²) < 4.78 is 33.5. The molecule has 1 amide bonds. The highest BCUT2D eigenvalue weighted by molar-refractivity contribution is 7.20. The van der Waals surface area contributed by atoms with Crippen LogP contribution in [0.15, 0.2) is 48.5 Å². The van der Waals surface area contributed by atoms with Gasteiger partial charge in [0, 0.05) is 16.5 Å². The maximum absolute atomic E-state index is 13.6. The van der Waals surface area contributed by atoms with Gasteiger partial charge in [0.05, 0.1) is 17.1 Å². The molecule has 4 rings (SSSR count). The number of ether oxygens (including phenoxy) is 1. The first kappa shape index (κ1) is 21.0. The molecular formula is C21H14ClF2N3O3S. The Labute approximate surface area is 184 Å². The van der Waals surface area contributed by atoms with E-state index in [0.717, 1.165) is 51.1 Å². The molecule has 4 aromatic rings. The van der Waals surface area contributed by atoms with Crippen molar-refractivity contribution in [1.29, 1.82) is 0 Å². The Morgan fingerprint density at radius 1 is 1.16 bits per heavy atom. The molecular weight excluding hydrogens is 448 g/mol. The summed E-state index contributed by atoms with van der Waals surface area (Å²) in [7, 11) is 0. The maximum Gasteiger partial charge on any atom is 0.348 e. The summed E-state index contributed by atoms with van der Waals surface area (Å²) in [4.78, 5) is 25.4. The highest BCUT2D eigenvalue weighted by Crippen LogP contribution is 2.31. The molecule has 0 saturated heterocycles. The lowest BCUT2D eigenvalue weighted by atomic mass is 10.3. The number of benzene rings is 2. The smallest absolute Gasteiger partial charge is 0.348 e. The number of anilines is 1. The van der Waals surface area contributed by atoms with Gasteiger partial charge in [-0.3, -0.25) is 4.79 Å². The third-order valence-electron chi connectivity index (χ3n) is 4.35. The van der Waals surface area contributed by atoms with Gasteiger partial charge in [-0.15, -0.1) is 11.3 Å². The van der Waals surface area contributed by atoms with Crippen molar-refractivity contribution in [3.05, 3.63) is 75.8 Å². The summed E-state index contributed by atoms with van der Waals surface area (Å²) >= 11 is 7.10. The van der Waals surface area contributed by atoms with Crippen molar-refractivity contribution >= 4 is 50.7 Å². The van der Waals surface area contributed by atoms with Crippen molar-refractivity contribution in [1.82, 2.24) is 9.78 Å². The molecule has 158 valence electrons. The molecule has 2 aromatic carbocycles. The fraction of sp³-hybridized carbons (Fsp3) is 0.0952. The average molecular weight is 462 g/mol. The molecule has 10 heteroatoms. The van der Waals surface area contributed by atoms with E-state index in [9.17, 15) is 18.4 Å². The van der Waals surface area contributed by atoms with Crippen LogP contribution in [0, 0.1) is 18.6 Å². The highest BCUT2D eigenvalue weighted by atomic mass is 35.5. The van der Waals surface area contributed by atoms with Gasteiger partial charge in [-0.1, -0.05) is 11.6 Å². The van der Waals surface area contributed by atoms with Crippen molar-refractivity contribution in [3.63, 3.8) is 0 Å². The largest absolute Gasteiger partial charge is 0.451 e. The Bertz CT molecular complexity index is 1300. The van der Waals surface area contributed by atoms with Crippen molar-refractivity contribution in [2.45, 2.75) is 6.92 Å². The molecule has 0 aliphatic rings. The second-order valence-corrected chi connectivity index (χ2v) is 8.02. The van der Waals surface area contributed by atoms with Crippen LogP contribution in [0.1, 0.15) is 15.4 Å². The zero-order valence-corrected chi connectivity index (χ0v) is 17.6. The van der Waals surface area contributed by atoms with E-state index in [-0.39, 0.29) is 10.6 Å². The van der Waals surface area contributed by atoms with Crippen molar-refractivity contribution in [3.8, 4) is 5.69 Å². The minimum Gasteiger partial charge on any atom is -0.451 e. The van der Waals surface area contributed by atoms with Gasteiger partial charge in [-0.05, 0) is 49.4 Å². The lowest BCUT2D eigenvalue weighted by molar-refractivity contribution is -0.119. The number of aromatic nitrogens is 2. The lowest BCUT2D eigenvalue weighted by Crippen LogP contribution is -2.21. The number of nitrogens with zero attached hydrogens (tertiary/aromatic N) is 2. The number of halogens is 3. The normalized spacial score (nSPS) is 11.0. The number of nitrogens with one attached hydrogen (secondary N) is 1. The Morgan fingerprint density at radius 3 is 2.65 bits per heavy atom. The maximum atomic E-state index is 13.6. The van der Waals surface area contributed by atoms with Gasteiger partial charge in [0.1, 0.15) is 21.3 Å². The van der Waals surface area contributed by atoms with Crippen LogP contribution >= 0.6 is 22.9 Å². The molecule has 0 atom stereocenters. The zero-order chi connectivity index (χ0) is 22.1. The third-order valence-corrected chi connectivity index (χ3v) is 5.70. The number of carbonyl (C=O) groups is 2. The first-order valence-corrected chi connectivity index (χ1v) is 10.2. The van der Waals surface area contributed by atoms with E-state index in [4.69, 9.17) is 16.3 Å². The summed E-state index contributed by atoms with van der Waals surface area (Å²) in [5.74, 6) is -3.00. The number of rotatable bonds is 5. The van der Waals surface area contributed by atoms with E-state index in [0.29, 0.717) is 5.02 Å². The number of hydrogen-bond acceptors (Lipinski definition) is 5. The molecule has 0 aliphatic heterocycles. The Morgan fingerprint density at radius 2 is 1.90 bits per heavy atom. The van der Waals surface area contributed by atoms with Crippen LogP contribution in [0.2, 0.25) is 5.02 Å². The van der Waals surface area contributed by atoms with Crippen LogP contribution in [-0.4, -0.2) is 28.3 Å². The van der Waals surface area contributed by atoms with Gasteiger partial charge >= 0.3 is 5.97 Å². The molecule has 6 nitrogen and oxygen atoms in total. The predicted molar refractivity (Wildman–Crippen MR) is 114 cm³/mol. The van der Waals surface area contributed by atoms with Gasteiger partial charge in [0.15, 0.2) is 6.61 Å². The predicted octanol–water partition coefficient (Wildman–Crippen LogP) is 5.12. The third kappa shape index (κ3) is 4.42. The van der Waals surface area contributed by atoms with E-state index in [2.05, 4.69) is 10.4 Å². The number of carbonyl (C=O) groups excluding carboxylic acids is 2. The second kappa shape index (κ2) is 8.44. The van der Waals surface area contributed by atoms with Gasteiger partial charge in [-0.2, -0.15) is 5.10 Å². The fourth-order valence-corrected chi connectivity index (χ4v) is 4.09. The van der Waals surface area contributed by atoms with Gasteiger partial charge in [0.2, 0.25) is 0 Å².